The minimum atomic E-state index is 0. The molecule has 0 amide bonds. The molecule has 1 saturated heterocycles. The molecule has 0 aromatic heterocycles. The van der Waals surface area contributed by atoms with E-state index in [0.717, 1.165) is 39.3 Å². The van der Waals surface area contributed by atoms with Crippen molar-refractivity contribution in [3.8, 4) is 0 Å². The first-order valence-electron chi connectivity index (χ1n) is 4.25. The normalized spacial score (nSPS) is 14.3. The Hall–Kier alpha value is 0.844. The molecule has 1 rings (SSSR count). The van der Waals surface area contributed by atoms with Gasteiger partial charge in [-0.2, -0.15) is 6.92 Å². The van der Waals surface area contributed by atoms with Gasteiger partial charge in [0, 0.05) is 13.1 Å². The molecule has 4 nitrogen and oxygen atoms in total. The summed E-state index contributed by atoms with van der Waals surface area (Å²) < 4.78 is 0. The number of halogens is 2. The van der Waals surface area contributed by atoms with Crippen molar-refractivity contribution in [2.75, 3.05) is 39.3 Å². The zero-order valence-corrected chi connectivity index (χ0v) is 13.1. The zero-order chi connectivity index (χ0) is 9.07. The van der Waals surface area contributed by atoms with E-state index in [1.807, 2.05) is 0 Å². The molecule has 1 aliphatic rings. The molecule has 7 heteroatoms. The summed E-state index contributed by atoms with van der Waals surface area (Å²) in [6.07, 6.45) is 1.50. The van der Waals surface area contributed by atoms with Crippen LogP contribution < -0.4 is 10.6 Å². The van der Waals surface area contributed by atoms with Crippen LogP contribution in [0.5, 0.6) is 0 Å². The predicted octanol–water partition coefficient (Wildman–Crippen LogP) is 0.960. The molecule has 0 saturated carbocycles. The van der Waals surface area contributed by atoms with E-state index < -0.39 is 0 Å². The SMILES string of the molecule is C1CNCCNCC[N-]1.C[C-]=O.Cl.Cl.[CH3-].[Ti+3]. The fourth-order valence-corrected chi connectivity index (χ4v) is 0.855. The van der Waals surface area contributed by atoms with Gasteiger partial charge in [-0.3, -0.25) is 6.29 Å². The van der Waals surface area contributed by atoms with Crippen LogP contribution >= 0.6 is 24.8 Å². The predicted molar refractivity (Wildman–Crippen MR) is 71.1 cm³/mol. The van der Waals surface area contributed by atoms with E-state index in [0.29, 0.717) is 0 Å². The third-order valence-corrected chi connectivity index (χ3v) is 1.37. The maximum atomic E-state index is 8.68. The molecule has 0 aliphatic carbocycles. The summed E-state index contributed by atoms with van der Waals surface area (Å²) in [6.45, 7) is 7.51. The molecule has 2 N–H and O–H groups in total. The summed E-state index contributed by atoms with van der Waals surface area (Å²) in [6, 6.07) is 0. The summed E-state index contributed by atoms with van der Waals surface area (Å²) in [4.78, 5) is 8.68. The van der Waals surface area contributed by atoms with Crippen LogP contribution in [-0.4, -0.2) is 45.6 Å². The van der Waals surface area contributed by atoms with Crippen LogP contribution in [0.25, 0.3) is 5.32 Å². The molecule has 0 unspecified atom stereocenters. The first kappa shape index (κ1) is 30.1. The molecular weight excluding hydrogens is 285 g/mol. The first-order chi connectivity index (χ1) is 5.91. The van der Waals surface area contributed by atoms with Crippen molar-refractivity contribution in [2.45, 2.75) is 6.92 Å². The van der Waals surface area contributed by atoms with Crippen LogP contribution in [0, 0.1) is 7.43 Å². The van der Waals surface area contributed by atoms with E-state index in [9.17, 15) is 0 Å². The Bertz CT molecular complexity index is 84.2. The van der Waals surface area contributed by atoms with E-state index >= 15 is 0 Å². The average molecular weight is 307 g/mol. The van der Waals surface area contributed by atoms with Crippen molar-refractivity contribution in [2.24, 2.45) is 0 Å². The number of nitrogens with one attached hydrogen (secondary N) is 2. The van der Waals surface area contributed by atoms with Gasteiger partial charge in [0.1, 0.15) is 0 Å². The fourth-order valence-electron chi connectivity index (χ4n) is 0.855. The van der Waals surface area contributed by atoms with Crippen LogP contribution in [0.4, 0.5) is 0 Å². The van der Waals surface area contributed by atoms with Crippen molar-refractivity contribution in [3.05, 3.63) is 12.7 Å². The number of hydrogen-bond acceptors (Lipinski definition) is 3. The first-order valence-corrected chi connectivity index (χ1v) is 4.25. The molecule has 1 aliphatic heterocycles. The molecule has 0 spiro atoms. The Kier molecular flexibility index (Phi) is 55.9. The van der Waals surface area contributed by atoms with Crippen molar-refractivity contribution in [3.63, 3.8) is 0 Å². The Morgan fingerprint density at radius 2 is 1.31 bits per heavy atom. The van der Waals surface area contributed by atoms with Crippen LogP contribution in [0.2, 0.25) is 0 Å². The van der Waals surface area contributed by atoms with E-state index in [-0.39, 0.29) is 54.0 Å². The Morgan fingerprint density at radius 3 is 1.62 bits per heavy atom. The van der Waals surface area contributed by atoms with Crippen LogP contribution in [-0.2, 0) is 26.5 Å². The summed E-state index contributed by atoms with van der Waals surface area (Å²) in [7, 11) is 0. The van der Waals surface area contributed by atoms with Crippen LogP contribution in [0.3, 0.4) is 0 Å². The quantitative estimate of drug-likeness (QED) is 0.518. The third kappa shape index (κ3) is 29.4. The van der Waals surface area contributed by atoms with Gasteiger partial charge in [-0.15, -0.1) is 37.9 Å². The largest absolute Gasteiger partial charge is 3.00 e. The van der Waals surface area contributed by atoms with Crippen LogP contribution in [0.1, 0.15) is 6.92 Å². The second kappa shape index (κ2) is 29.7. The van der Waals surface area contributed by atoms with Gasteiger partial charge in [0.15, 0.2) is 0 Å². The topological polar surface area (TPSA) is 55.2 Å². The minimum absolute atomic E-state index is 0. The number of carbonyl (C=O) groups excluding carboxylic acids is 1. The summed E-state index contributed by atoms with van der Waals surface area (Å²) in [5.74, 6) is 0. The molecular formula is C9H22Cl2N3OTi. The molecule has 0 aromatic carbocycles. The minimum Gasteiger partial charge on any atom is -0.660 e. The van der Waals surface area contributed by atoms with E-state index in [4.69, 9.17) is 4.79 Å². The van der Waals surface area contributed by atoms with Gasteiger partial charge < -0.3 is 28.2 Å². The van der Waals surface area contributed by atoms with Crippen LogP contribution in [0.15, 0.2) is 0 Å². The van der Waals surface area contributed by atoms with Gasteiger partial charge in [-0.1, -0.05) is 0 Å². The Labute approximate surface area is 127 Å². The van der Waals surface area contributed by atoms with Crippen molar-refractivity contribution < 1.29 is 26.5 Å². The molecule has 16 heavy (non-hydrogen) atoms. The number of rotatable bonds is 0. The second-order valence-corrected chi connectivity index (χ2v) is 2.37. The smallest absolute Gasteiger partial charge is 0.660 e. The summed E-state index contributed by atoms with van der Waals surface area (Å²) >= 11 is 0. The van der Waals surface area contributed by atoms with Gasteiger partial charge in [0.25, 0.3) is 0 Å². The van der Waals surface area contributed by atoms with Crippen molar-refractivity contribution in [1.29, 1.82) is 0 Å². The Morgan fingerprint density at radius 1 is 1.00 bits per heavy atom. The van der Waals surface area contributed by atoms with E-state index in [2.05, 4.69) is 16.0 Å². The molecule has 1 fully saturated rings. The van der Waals surface area contributed by atoms with Gasteiger partial charge in [-0.05, 0) is 13.1 Å². The van der Waals surface area contributed by atoms with E-state index in [1.165, 1.54) is 13.2 Å². The van der Waals surface area contributed by atoms with E-state index in [1.54, 1.807) is 0 Å². The summed E-state index contributed by atoms with van der Waals surface area (Å²) in [5.41, 5.74) is 0. The van der Waals surface area contributed by atoms with Gasteiger partial charge in [0.2, 0.25) is 0 Å². The fraction of sp³-hybridized carbons (Fsp3) is 0.778. The monoisotopic (exact) mass is 306 g/mol. The second-order valence-electron chi connectivity index (χ2n) is 2.37. The number of nitrogens with zero attached hydrogens (tertiary/aromatic N) is 1. The molecule has 0 atom stereocenters. The average Bonchev–Trinajstić information content (AvgIpc) is 2.19. The van der Waals surface area contributed by atoms with Crippen molar-refractivity contribution in [1.82, 2.24) is 10.6 Å². The van der Waals surface area contributed by atoms with Gasteiger partial charge in [0.05, 0.1) is 0 Å². The Balaban J connectivity index is -0.0000000528. The zero-order valence-electron chi connectivity index (χ0n) is 9.91. The number of hydrogen-bond donors (Lipinski definition) is 2. The molecule has 0 bridgehead atoms. The van der Waals surface area contributed by atoms with Gasteiger partial charge in [-0.25, -0.2) is 0 Å². The molecule has 0 aromatic rings. The third-order valence-electron chi connectivity index (χ3n) is 1.37. The maximum absolute atomic E-state index is 8.68. The molecule has 1 heterocycles. The molecule has 1 radical (unpaired) electrons. The maximum Gasteiger partial charge on any atom is 3.00 e. The standard InChI is InChI=1S/C6H14N3.C2H3O.CH3.2ClH.Ti/c1-2-8-5-6-9-4-3-7-1;1-2-3;;;;/h7-8H,1-6H2;1H3;1H3;2*1H;/q3*-1;;;+3. The summed E-state index contributed by atoms with van der Waals surface area (Å²) in [5, 5.41) is 10.8. The van der Waals surface area contributed by atoms with Crippen molar-refractivity contribution >= 4 is 31.1 Å². The van der Waals surface area contributed by atoms with Gasteiger partial charge >= 0.3 is 21.7 Å². The molecule has 97 valence electrons.